The van der Waals surface area contributed by atoms with Crippen molar-refractivity contribution >= 4 is 16.9 Å². The quantitative estimate of drug-likeness (QED) is 0.779. The fraction of sp³-hybridized carbons (Fsp3) is 0.125. The van der Waals surface area contributed by atoms with Gasteiger partial charge >= 0.3 is 0 Å². The number of hydrogen-bond donors (Lipinski definition) is 2. The molecule has 112 valence electrons. The number of amides is 1. The molecule has 0 fully saturated rings. The molecule has 4 nitrogen and oxygen atoms in total. The van der Waals surface area contributed by atoms with Gasteiger partial charge in [0.2, 0.25) is 0 Å². The van der Waals surface area contributed by atoms with E-state index < -0.39 is 23.6 Å². The number of hydrogen-bond acceptors (Lipinski definition) is 2. The molecule has 0 spiro atoms. The second-order valence-electron chi connectivity index (χ2n) is 4.99. The molecule has 0 saturated heterocycles. The molecule has 1 atom stereocenters. The minimum absolute atomic E-state index is 0.0690. The second-order valence-corrected chi connectivity index (χ2v) is 4.99. The normalized spacial score (nSPS) is 12.3. The third kappa shape index (κ3) is 2.81. The zero-order valence-electron chi connectivity index (χ0n) is 11.7. The zero-order chi connectivity index (χ0) is 15.7. The van der Waals surface area contributed by atoms with Crippen LogP contribution in [0.3, 0.4) is 0 Å². The summed E-state index contributed by atoms with van der Waals surface area (Å²) in [5.41, 5.74) is 1.58. The molecule has 1 heterocycles. The Bertz CT molecular complexity index is 791. The molecule has 0 radical (unpaired) electrons. The first kappa shape index (κ1) is 14.2. The Morgan fingerprint density at radius 2 is 1.86 bits per heavy atom. The number of H-pyrrole nitrogens is 1. The van der Waals surface area contributed by atoms with Gasteiger partial charge in [-0.1, -0.05) is 12.1 Å². The Morgan fingerprint density at radius 1 is 1.18 bits per heavy atom. The largest absolute Gasteiger partial charge is 0.342 e. The van der Waals surface area contributed by atoms with Crippen LogP contribution in [0.4, 0.5) is 8.78 Å². The Hall–Kier alpha value is -2.76. The second kappa shape index (κ2) is 5.55. The summed E-state index contributed by atoms with van der Waals surface area (Å²) >= 11 is 0. The number of fused-ring (bicyclic) bond motifs is 1. The Kier molecular flexibility index (Phi) is 3.58. The van der Waals surface area contributed by atoms with Gasteiger partial charge in [-0.05, 0) is 31.2 Å². The first-order valence-electron chi connectivity index (χ1n) is 6.74. The standard InChI is InChI=1S/C16H13F2N3O/c1-9(15-20-13-4-2-3-5-14(13)21-15)19-16(22)10-6-11(17)8-12(18)7-10/h2-9H,1H3,(H,19,22)(H,20,21)/t9-/m0/s1. The van der Waals surface area contributed by atoms with Crippen LogP contribution in [0, 0.1) is 11.6 Å². The summed E-state index contributed by atoms with van der Waals surface area (Å²) in [7, 11) is 0. The van der Waals surface area contributed by atoms with Gasteiger partial charge in [0.05, 0.1) is 17.1 Å². The smallest absolute Gasteiger partial charge is 0.252 e. The van der Waals surface area contributed by atoms with Crippen LogP contribution in [0.15, 0.2) is 42.5 Å². The van der Waals surface area contributed by atoms with E-state index in [0.717, 1.165) is 29.2 Å². The van der Waals surface area contributed by atoms with Crippen LogP contribution >= 0.6 is 0 Å². The van der Waals surface area contributed by atoms with Gasteiger partial charge in [-0.2, -0.15) is 0 Å². The molecule has 22 heavy (non-hydrogen) atoms. The van der Waals surface area contributed by atoms with Crippen molar-refractivity contribution in [2.45, 2.75) is 13.0 Å². The molecule has 0 aliphatic heterocycles. The van der Waals surface area contributed by atoms with Gasteiger partial charge in [0, 0.05) is 11.6 Å². The Morgan fingerprint density at radius 3 is 2.55 bits per heavy atom. The van der Waals surface area contributed by atoms with E-state index in [1.807, 2.05) is 24.3 Å². The summed E-state index contributed by atoms with van der Waals surface area (Å²) in [6.45, 7) is 1.74. The number of imidazole rings is 1. The van der Waals surface area contributed by atoms with E-state index in [2.05, 4.69) is 15.3 Å². The maximum Gasteiger partial charge on any atom is 0.252 e. The lowest BCUT2D eigenvalue weighted by Gasteiger charge is -2.11. The number of aromatic amines is 1. The summed E-state index contributed by atoms with van der Waals surface area (Å²) in [5, 5.41) is 2.66. The van der Waals surface area contributed by atoms with Gasteiger partial charge in [0.1, 0.15) is 17.5 Å². The highest BCUT2D eigenvalue weighted by Crippen LogP contribution is 2.16. The maximum absolute atomic E-state index is 13.1. The van der Waals surface area contributed by atoms with E-state index in [1.165, 1.54) is 0 Å². The first-order chi connectivity index (χ1) is 10.5. The number of halogens is 2. The van der Waals surface area contributed by atoms with E-state index in [9.17, 15) is 13.6 Å². The van der Waals surface area contributed by atoms with Crippen molar-refractivity contribution in [3.05, 3.63) is 65.5 Å². The van der Waals surface area contributed by atoms with E-state index in [-0.39, 0.29) is 5.56 Å². The summed E-state index contributed by atoms with van der Waals surface area (Å²) < 4.78 is 26.3. The number of carbonyl (C=O) groups is 1. The van der Waals surface area contributed by atoms with E-state index >= 15 is 0 Å². The van der Waals surface area contributed by atoms with Gasteiger partial charge in [-0.25, -0.2) is 13.8 Å². The van der Waals surface area contributed by atoms with Gasteiger partial charge < -0.3 is 10.3 Å². The molecular formula is C16H13F2N3O. The minimum Gasteiger partial charge on any atom is -0.342 e. The average molecular weight is 301 g/mol. The molecule has 1 aromatic heterocycles. The van der Waals surface area contributed by atoms with Crippen molar-refractivity contribution in [1.29, 1.82) is 0 Å². The fourth-order valence-corrected chi connectivity index (χ4v) is 2.21. The highest BCUT2D eigenvalue weighted by atomic mass is 19.1. The molecule has 0 unspecified atom stereocenters. The van der Waals surface area contributed by atoms with Crippen molar-refractivity contribution in [3.63, 3.8) is 0 Å². The van der Waals surface area contributed by atoms with Crippen molar-refractivity contribution in [2.75, 3.05) is 0 Å². The highest BCUT2D eigenvalue weighted by molar-refractivity contribution is 5.94. The molecule has 0 aliphatic rings. The van der Waals surface area contributed by atoms with Crippen LogP contribution in [0.1, 0.15) is 29.1 Å². The number of benzene rings is 2. The van der Waals surface area contributed by atoms with Crippen LogP contribution in [-0.2, 0) is 0 Å². The molecule has 0 aliphatic carbocycles. The van der Waals surface area contributed by atoms with Gasteiger partial charge in [0.15, 0.2) is 0 Å². The van der Waals surface area contributed by atoms with Crippen molar-refractivity contribution in [2.24, 2.45) is 0 Å². The predicted octanol–water partition coefficient (Wildman–Crippen LogP) is 3.33. The van der Waals surface area contributed by atoms with E-state index in [1.54, 1.807) is 6.92 Å². The molecule has 2 N–H and O–H groups in total. The maximum atomic E-state index is 13.1. The molecular weight excluding hydrogens is 288 g/mol. The highest BCUT2D eigenvalue weighted by Gasteiger charge is 2.16. The van der Waals surface area contributed by atoms with Crippen LogP contribution in [0.5, 0.6) is 0 Å². The molecule has 6 heteroatoms. The number of nitrogens with zero attached hydrogens (tertiary/aromatic N) is 1. The molecule has 0 bridgehead atoms. The summed E-state index contributed by atoms with van der Waals surface area (Å²) in [4.78, 5) is 19.5. The van der Waals surface area contributed by atoms with Crippen molar-refractivity contribution in [1.82, 2.24) is 15.3 Å². The van der Waals surface area contributed by atoms with Crippen LogP contribution < -0.4 is 5.32 Å². The molecule has 3 aromatic rings. The molecule has 1 amide bonds. The topological polar surface area (TPSA) is 57.8 Å². The van der Waals surface area contributed by atoms with E-state index in [0.29, 0.717) is 5.82 Å². The fourth-order valence-electron chi connectivity index (χ4n) is 2.21. The third-order valence-electron chi connectivity index (χ3n) is 3.29. The van der Waals surface area contributed by atoms with Gasteiger partial charge in [-0.15, -0.1) is 0 Å². The van der Waals surface area contributed by atoms with Crippen LogP contribution in [0.25, 0.3) is 11.0 Å². The Balaban J connectivity index is 1.80. The number of aromatic nitrogens is 2. The lowest BCUT2D eigenvalue weighted by atomic mass is 10.2. The summed E-state index contributed by atoms with van der Waals surface area (Å²) in [5.74, 6) is -1.57. The molecule has 3 rings (SSSR count). The SMILES string of the molecule is C[C@H](NC(=O)c1cc(F)cc(F)c1)c1nc2ccccc2[nH]1. The van der Waals surface area contributed by atoms with Crippen molar-refractivity contribution in [3.8, 4) is 0 Å². The number of nitrogens with one attached hydrogen (secondary N) is 2. The summed E-state index contributed by atoms with van der Waals surface area (Å²) in [6.07, 6.45) is 0. The zero-order valence-corrected chi connectivity index (χ0v) is 11.7. The predicted molar refractivity (Wildman–Crippen MR) is 78.3 cm³/mol. The van der Waals surface area contributed by atoms with Crippen LogP contribution in [-0.4, -0.2) is 15.9 Å². The summed E-state index contributed by atoms with van der Waals surface area (Å²) in [6, 6.07) is 9.75. The number of carbonyl (C=O) groups excluding carboxylic acids is 1. The average Bonchev–Trinajstić information content (AvgIpc) is 2.90. The first-order valence-corrected chi connectivity index (χ1v) is 6.74. The lowest BCUT2D eigenvalue weighted by molar-refractivity contribution is 0.0937. The monoisotopic (exact) mass is 301 g/mol. The number of rotatable bonds is 3. The minimum atomic E-state index is -0.790. The van der Waals surface area contributed by atoms with E-state index in [4.69, 9.17) is 0 Å². The third-order valence-corrected chi connectivity index (χ3v) is 3.29. The van der Waals surface area contributed by atoms with Gasteiger partial charge in [-0.3, -0.25) is 4.79 Å². The lowest BCUT2D eigenvalue weighted by Crippen LogP contribution is -2.27. The Labute approximate surface area is 125 Å². The van der Waals surface area contributed by atoms with Crippen molar-refractivity contribution < 1.29 is 13.6 Å². The van der Waals surface area contributed by atoms with Gasteiger partial charge in [0.25, 0.3) is 5.91 Å². The molecule has 2 aromatic carbocycles. The number of para-hydroxylation sites is 2. The molecule has 0 saturated carbocycles. The van der Waals surface area contributed by atoms with Crippen LogP contribution in [0.2, 0.25) is 0 Å².